The average Bonchev–Trinajstić information content (AvgIpc) is 3.02. The van der Waals surface area contributed by atoms with Crippen LogP contribution in [0.1, 0.15) is 23.2 Å². The molecule has 19 heavy (non-hydrogen) atoms. The zero-order valence-corrected chi connectivity index (χ0v) is 10.8. The van der Waals surface area contributed by atoms with E-state index in [1.165, 1.54) is 5.56 Å². The van der Waals surface area contributed by atoms with Crippen molar-refractivity contribution in [1.82, 2.24) is 5.32 Å². The zero-order chi connectivity index (χ0) is 13.1. The molecule has 2 aromatic carbocycles. The predicted molar refractivity (Wildman–Crippen MR) is 77.2 cm³/mol. The van der Waals surface area contributed by atoms with Gasteiger partial charge in [0.15, 0.2) is 5.78 Å². The molecule has 2 aromatic rings. The van der Waals surface area contributed by atoms with E-state index in [0.29, 0.717) is 0 Å². The van der Waals surface area contributed by atoms with E-state index < -0.39 is 0 Å². The Labute approximate surface area is 113 Å². The second-order valence-corrected chi connectivity index (χ2v) is 4.96. The topological polar surface area (TPSA) is 29.1 Å². The van der Waals surface area contributed by atoms with Crippen molar-refractivity contribution in [2.75, 3.05) is 6.54 Å². The molecule has 0 radical (unpaired) electrons. The van der Waals surface area contributed by atoms with E-state index >= 15 is 0 Å². The van der Waals surface area contributed by atoms with Crippen LogP contribution in [0.2, 0.25) is 0 Å². The lowest BCUT2D eigenvalue weighted by Crippen LogP contribution is -2.30. The summed E-state index contributed by atoms with van der Waals surface area (Å²) in [6.45, 7) is 0.957. The molecule has 0 amide bonds. The summed E-state index contributed by atoms with van der Waals surface area (Å²) in [5, 5.41) is 3.25. The van der Waals surface area contributed by atoms with Crippen molar-refractivity contribution in [2.45, 2.75) is 18.9 Å². The fourth-order valence-electron chi connectivity index (χ4n) is 2.57. The van der Waals surface area contributed by atoms with Crippen LogP contribution in [0, 0.1) is 0 Å². The second kappa shape index (κ2) is 5.37. The molecule has 0 aliphatic carbocycles. The molecule has 0 spiro atoms. The van der Waals surface area contributed by atoms with Crippen LogP contribution in [0.4, 0.5) is 0 Å². The quantitative estimate of drug-likeness (QED) is 0.848. The predicted octanol–water partition coefficient (Wildman–Crippen LogP) is 3.29. The Morgan fingerprint density at radius 3 is 2.26 bits per heavy atom. The van der Waals surface area contributed by atoms with Gasteiger partial charge in [0.25, 0.3) is 0 Å². The first-order valence-electron chi connectivity index (χ1n) is 6.78. The summed E-state index contributed by atoms with van der Waals surface area (Å²) in [4.78, 5) is 12.2. The fourth-order valence-corrected chi connectivity index (χ4v) is 2.57. The Morgan fingerprint density at radius 2 is 1.63 bits per heavy atom. The van der Waals surface area contributed by atoms with Crippen molar-refractivity contribution in [3.05, 3.63) is 60.2 Å². The van der Waals surface area contributed by atoms with Crippen molar-refractivity contribution in [1.29, 1.82) is 0 Å². The van der Waals surface area contributed by atoms with Crippen molar-refractivity contribution in [3.63, 3.8) is 0 Å². The van der Waals surface area contributed by atoms with Crippen LogP contribution in [0.15, 0.2) is 54.6 Å². The molecule has 1 fully saturated rings. The average molecular weight is 251 g/mol. The van der Waals surface area contributed by atoms with Crippen LogP contribution >= 0.6 is 0 Å². The normalized spacial score (nSPS) is 18.4. The van der Waals surface area contributed by atoms with Crippen LogP contribution in [-0.4, -0.2) is 18.4 Å². The highest BCUT2D eigenvalue weighted by Crippen LogP contribution is 2.20. The van der Waals surface area contributed by atoms with Gasteiger partial charge in [0.05, 0.1) is 6.04 Å². The van der Waals surface area contributed by atoms with E-state index in [-0.39, 0.29) is 11.8 Å². The van der Waals surface area contributed by atoms with Crippen LogP contribution in [0.3, 0.4) is 0 Å². The minimum absolute atomic E-state index is 0.0163. The van der Waals surface area contributed by atoms with Gasteiger partial charge in [-0.1, -0.05) is 54.6 Å². The molecule has 2 nitrogen and oxygen atoms in total. The molecule has 0 saturated carbocycles. The summed E-state index contributed by atoms with van der Waals surface area (Å²) in [6, 6.07) is 18.2. The highest BCUT2D eigenvalue weighted by molar-refractivity contribution is 6.00. The molecule has 2 heteroatoms. The molecule has 0 bridgehead atoms. The summed E-state index contributed by atoms with van der Waals surface area (Å²) in [5.74, 6) is 0.220. The third kappa shape index (κ3) is 2.59. The summed E-state index contributed by atoms with van der Waals surface area (Å²) >= 11 is 0. The van der Waals surface area contributed by atoms with Crippen LogP contribution in [-0.2, 0) is 0 Å². The zero-order valence-electron chi connectivity index (χ0n) is 10.8. The van der Waals surface area contributed by atoms with Crippen molar-refractivity contribution in [3.8, 4) is 11.1 Å². The smallest absolute Gasteiger partial charge is 0.179 e. The summed E-state index contributed by atoms with van der Waals surface area (Å²) in [7, 11) is 0. The third-order valence-corrected chi connectivity index (χ3v) is 3.65. The van der Waals surface area contributed by atoms with E-state index in [2.05, 4.69) is 17.4 Å². The lowest BCUT2D eigenvalue weighted by Gasteiger charge is -2.09. The van der Waals surface area contributed by atoms with Crippen LogP contribution in [0.5, 0.6) is 0 Å². The van der Waals surface area contributed by atoms with Gasteiger partial charge >= 0.3 is 0 Å². The first kappa shape index (κ1) is 12.1. The van der Waals surface area contributed by atoms with Gasteiger partial charge < -0.3 is 5.32 Å². The van der Waals surface area contributed by atoms with E-state index in [9.17, 15) is 4.79 Å². The van der Waals surface area contributed by atoms with Crippen molar-refractivity contribution >= 4 is 5.78 Å². The number of nitrogens with one attached hydrogen (secondary N) is 1. The molecule has 3 rings (SSSR count). The highest BCUT2D eigenvalue weighted by atomic mass is 16.1. The summed E-state index contributed by atoms with van der Waals surface area (Å²) in [5.41, 5.74) is 3.14. The van der Waals surface area contributed by atoms with Crippen LogP contribution < -0.4 is 5.32 Å². The lowest BCUT2D eigenvalue weighted by molar-refractivity contribution is 0.0952. The van der Waals surface area contributed by atoms with E-state index in [1.807, 2.05) is 42.5 Å². The molecule has 1 aliphatic rings. The van der Waals surface area contributed by atoms with E-state index in [1.54, 1.807) is 0 Å². The number of ketones is 1. The molecule has 96 valence electrons. The number of Topliss-reactive ketones (excluding diaryl/α,β-unsaturated/α-hetero) is 1. The highest BCUT2D eigenvalue weighted by Gasteiger charge is 2.22. The largest absolute Gasteiger partial charge is 0.307 e. The fraction of sp³-hybridized carbons (Fsp3) is 0.235. The minimum Gasteiger partial charge on any atom is -0.307 e. The maximum atomic E-state index is 12.2. The molecule has 0 aromatic heterocycles. The Bertz CT molecular complexity index is 554. The van der Waals surface area contributed by atoms with Gasteiger partial charge in [0.1, 0.15) is 0 Å². The maximum absolute atomic E-state index is 12.2. The van der Waals surface area contributed by atoms with Crippen molar-refractivity contribution in [2.24, 2.45) is 0 Å². The molecule has 1 N–H and O–H groups in total. The molecule has 1 aliphatic heterocycles. The maximum Gasteiger partial charge on any atom is 0.179 e. The molecule has 1 heterocycles. The number of hydrogen-bond donors (Lipinski definition) is 1. The van der Waals surface area contributed by atoms with Gasteiger partial charge in [-0.3, -0.25) is 4.79 Å². The van der Waals surface area contributed by atoms with Gasteiger partial charge in [0.2, 0.25) is 0 Å². The SMILES string of the molecule is O=C(c1ccc(-c2ccccc2)cc1)C1CCCN1. The van der Waals surface area contributed by atoms with Gasteiger partial charge in [-0.05, 0) is 30.5 Å². The summed E-state index contributed by atoms with van der Waals surface area (Å²) in [6.07, 6.45) is 2.05. The van der Waals surface area contributed by atoms with Crippen molar-refractivity contribution < 1.29 is 4.79 Å². The Balaban J connectivity index is 1.81. The molecular formula is C17H17NO. The minimum atomic E-state index is 0.0163. The Morgan fingerprint density at radius 1 is 0.947 bits per heavy atom. The molecule has 1 unspecified atom stereocenters. The Kier molecular flexibility index (Phi) is 3.43. The van der Waals surface area contributed by atoms with Gasteiger partial charge in [-0.15, -0.1) is 0 Å². The lowest BCUT2D eigenvalue weighted by atomic mass is 9.99. The van der Waals surface area contributed by atoms with E-state index in [4.69, 9.17) is 0 Å². The summed E-state index contributed by atoms with van der Waals surface area (Å²) < 4.78 is 0. The third-order valence-electron chi connectivity index (χ3n) is 3.65. The Hall–Kier alpha value is -1.93. The monoisotopic (exact) mass is 251 g/mol. The van der Waals surface area contributed by atoms with Gasteiger partial charge in [0, 0.05) is 5.56 Å². The number of hydrogen-bond acceptors (Lipinski definition) is 2. The number of carbonyl (C=O) groups is 1. The number of carbonyl (C=O) groups excluding carboxylic acids is 1. The van der Waals surface area contributed by atoms with Gasteiger partial charge in [-0.2, -0.15) is 0 Å². The standard InChI is InChI=1S/C17H17NO/c19-17(16-7-4-12-18-16)15-10-8-14(9-11-15)13-5-2-1-3-6-13/h1-3,5-6,8-11,16,18H,4,7,12H2. The molecule has 1 atom stereocenters. The van der Waals surface area contributed by atoms with Gasteiger partial charge in [-0.25, -0.2) is 0 Å². The first-order valence-corrected chi connectivity index (χ1v) is 6.78. The van der Waals surface area contributed by atoms with E-state index in [0.717, 1.165) is 30.5 Å². The number of benzene rings is 2. The second-order valence-electron chi connectivity index (χ2n) is 4.96. The molecular weight excluding hydrogens is 234 g/mol. The number of rotatable bonds is 3. The van der Waals surface area contributed by atoms with Crippen LogP contribution in [0.25, 0.3) is 11.1 Å². The molecule has 1 saturated heterocycles. The first-order chi connectivity index (χ1) is 9.34.